The summed E-state index contributed by atoms with van der Waals surface area (Å²) in [7, 11) is 0. The Bertz CT molecular complexity index is 1780. The molecule has 0 bridgehead atoms. The number of aromatic nitrogens is 4. The second-order valence-corrected chi connectivity index (χ2v) is 12.0. The Balaban J connectivity index is 0.000000194. The number of benzene rings is 2. The lowest BCUT2D eigenvalue weighted by Crippen LogP contribution is -2.29. The SMILES string of the molecule is CC[C@H]1O[C@@H](n2cc(C)c(NC(=O)c3ccccc3)nc2=O)C[C@H]1O.Cc1cn([C@H]2C[C@@H](O)[C@@H](CO)O2)c(=O)nc1NC(=O)c1ccccc1. The molecule has 2 aliphatic heterocycles. The minimum absolute atomic E-state index is 0.173. The molecule has 0 aliphatic carbocycles. The minimum atomic E-state index is -0.848. The van der Waals surface area contributed by atoms with E-state index in [0.29, 0.717) is 35.1 Å². The van der Waals surface area contributed by atoms with Crippen LogP contribution in [0.15, 0.2) is 82.6 Å². The van der Waals surface area contributed by atoms with E-state index in [9.17, 15) is 29.4 Å². The number of hydrogen-bond donors (Lipinski definition) is 5. The fourth-order valence-corrected chi connectivity index (χ4v) is 5.64. The maximum absolute atomic E-state index is 12.3. The second kappa shape index (κ2) is 16.1. The van der Waals surface area contributed by atoms with Crippen molar-refractivity contribution in [2.45, 2.75) is 76.9 Å². The van der Waals surface area contributed by atoms with Crippen molar-refractivity contribution < 1.29 is 34.4 Å². The number of anilines is 2. The summed E-state index contributed by atoms with van der Waals surface area (Å²) in [5.74, 6) is -0.291. The average molecular weight is 689 g/mol. The van der Waals surface area contributed by atoms with Gasteiger partial charge in [-0.2, -0.15) is 9.97 Å². The van der Waals surface area contributed by atoms with Crippen LogP contribution in [-0.4, -0.2) is 77.3 Å². The smallest absolute Gasteiger partial charge is 0.351 e. The Morgan fingerprint density at radius 3 is 1.50 bits per heavy atom. The quantitative estimate of drug-likeness (QED) is 0.182. The van der Waals surface area contributed by atoms with E-state index in [1.54, 1.807) is 74.6 Å². The number of rotatable bonds is 8. The van der Waals surface area contributed by atoms with Gasteiger partial charge >= 0.3 is 11.4 Å². The molecule has 5 N–H and O–H groups in total. The van der Waals surface area contributed by atoms with Crippen LogP contribution in [-0.2, 0) is 9.47 Å². The molecule has 15 nitrogen and oxygen atoms in total. The highest BCUT2D eigenvalue weighted by molar-refractivity contribution is 6.04. The molecule has 0 saturated carbocycles. The van der Waals surface area contributed by atoms with Crippen LogP contribution < -0.4 is 22.0 Å². The van der Waals surface area contributed by atoms with E-state index < -0.39 is 42.1 Å². The number of carbonyl (C=O) groups is 2. The van der Waals surface area contributed by atoms with Crippen molar-refractivity contribution in [1.82, 2.24) is 19.1 Å². The van der Waals surface area contributed by atoms with Gasteiger partial charge in [-0.1, -0.05) is 43.3 Å². The van der Waals surface area contributed by atoms with Crippen LogP contribution in [0.3, 0.4) is 0 Å². The van der Waals surface area contributed by atoms with Gasteiger partial charge in [0.05, 0.1) is 24.9 Å². The van der Waals surface area contributed by atoms with Gasteiger partial charge in [0.1, 0.15) is 30.2 Å². The molecular formula is C35H40N6O9. The number of aliphatic hydroxyl groups excluding tert-OH is 3. The topological polar surface area (TPSA) is 207 Å². The van der Waals surface area contributed by atoms with Crippen LogP contribution >= 0.6 is 0 Å². The maximum atomic E-state index is 12.3. The summed E-state index contributed by atoms with van der Waals surface area (Å²) in [6.07, 6.45) is 0.616. The predicted octanol–water partition coefficient (Wildman–Crippen LogP) is 2.31. The number of hydrogen-bond acceptors (Lipinski definition) is 11. The molecule has 2 saturated heterocycles. The third-order valence-corrected chi connectivity index (χ3v) is 8.42. The molecule has 2 fully saturated rings. The minimum Gasteiger partial charge on any atom is -0.394 e. The molecule has 4 heterocycles. The van der Waals surface area contributed by atoms with E-state index in [-0.39, 0.29) is 42.6 Å². The van der Waals surface area contributed by atoms with Crippen LogP contribution in [0, 0.1) is 13.8 Å². The van der Waals surface area contributed by atoms with Gasteiger partial charge in [-0.3, -0.25) is 18.7 Å². The van der Waals surface area contributed by atoms with Gasteiger partial charge in [-0.15, -0.1) is 0 Å². The Hall–Kier alpha value is -5.06. The first-order valence-corrected chi connectivity index (χ1v) is 16.2. The molecule has 2 aliphatic rings. The van der Waals surface area contributed by atoms with Gasteiger partial charge in [0, 0.05) is 47.5 Å². The highest BCUT2D eigenvalue weighted by Gasteiger charge is 2.36. The number of nitrogens with zero attached hydrogens (tertiary/aromatic N) is 4. The number of carbonyl (C=O) groups excluding carboxylic acids is 2. The largest absolute Gasteiger partial charge is 0.394 e. The molecule has 50 heavy (non-hydrogen) atoms. The van der Waals surface area contributed by atoms with Crippen molar-refractivity contribution >= 4 is 23.5 Å². The van der Waals surface area contributed by atoms with Crippen molar-refractivity contribution in [1.29, 1.82) is 0 Å². The summed E-state index contributed by atoms with van der Waals surface area (Å²) < 4.78 is 13.8. The first-order chi connectivity index (χ1) is 24.0. The van der Waals surface area contributed by atoms with Gasteiger partial charge in [-0.05, 0) is 44.5 Å². The van der Waals surface area contributed by atoms with Gasteiger partial charge in [0.2, 0.25) is 0 Å². The lowest BCUT2D eigenvalue weighted by Gasteiger charge is -2.16. The first kappa shape index (κ1) is 36.2. The molecule has 264 valence electrons. The Kier molecular flexibility index (Phi) is 11.7. The lowest BCUT2D eigenvalue weighted by molar-refractivity contribution is -0.0459. The number of aliphatic hydroxyl groups is 3. The summed E-state index contributed by atoms with van der Waals surface area (Å²) in [5, 5.41) is 34.2. The summed E-state index contributed by atoms with van der Waals surface area (Å²) >= 11 is 0. The van der Waals surface area contributed by atoms with Crippen LogP contribution in [0.2, 0.25) is 0 Å². The van der Waals surface area contributed by atoms with E-state index in [4.69, 9.17) is 14.6 Å². The molecule has 4 aromatic rings. The molecule has 15 heteroatoms. The summed E-state index contributed by atoms with van der Waals surface area (Å²) in [4.78, 5) is 56.9. The molecular weight excluding hydrogens is 648 g/mol. The van der Waals surface area contributed by atoms with E-state index in [2.05, 4.69) is 20.6 Å². The van der Waals surface area contributed by atoms with Crippen molar-refractivity contribution in [3.63, 3.8) is 0 Å². The molecule has 0 unspecified atom stereocenters. The zero-order valence-corrected chi connectivity index (χ0v) is 27.8. The molecule has 0 radical (unpaired) electrons. The summed E-state index contributed by atoms with van der Waals surface area (Å²) in [6.45, 7) is 5.06. The van der Waals surface area contributed by atoms with Gasteiger partial charge < -0.3 is 35.4 Å². The van der Waals surface area contributed by atoms with Crippen LogP contribution in [0.1, 0.15) is 70.5 Å². The van der Waals surface area contributed by atoms with E-state index >= 15 is 0 Å². The van der Waals surface area contributed by atoms with Crippen molar-refractivity contribution in [3.05, 3.63) is 116 Å². The van der Waals surface area contributed by atoms with E-state index in [1.807, 2.05) is 13.0 Å². The second-order valence-electron chi connectivity index (χ2n) is 12.0. The predicted molar refractivity (Wildman–Crippen MR) is 182 cm³/mol. The third kappa shape index (κ3) is 8.38. The standard InChI is InChI=1S/C18H21N3O4.C17H19N3O5/c1-3-14-13(22)9-15(25-14)21-10-11(2)16(20-18(21)24)19-17(23)12-7-5-4-6-8-12;1-10-8-20(14-7-12(22)13(9-21)25-14)17(24)19-15(10)18-16(23)11-5-3-2-4-6-11/h4-8,10,13-15,22H,3,9H2,1-2H3,(H,19,20,23,24);2-6,8,12-14,21-22H,7,9H2,1H3,(H,18,19,23,24)/t13-,14-,15-;12-,13-,14-/m11/s1. The highest BCUT2D eigenvalue weighted by Crippen LogP contribution is 2.30. The number of amides is 2. The molecule has 6 atom stereocenters. The molecule has 6 rings (SSSR count). The summed E-state index contributed by atoms with van der Waals surface area (Å²) in [5.41, 5.74) is 1.03. The van der Waals surface area contributed by atoms with Crippen LogP contribution in [0.25, 0.3) is 0 Å². The van der Waals surface area contributed by atoms with Crippen LogP contribution in [0.5, 0.6) is 0 Å². The van der Waals surface area contributed by atoms with E-state index in [0.717, 1.165) is 0 Å². The normalized spacial score (nSPS) is 22.8. The fraction of sp³-hybridized carbons (Fsp3) is 0.371. The van der Waals surface area contributed by atoms with Gasteiger partial charge in [0.15, 0.2) is 0 Å². The molecule has 2 aromatic heterocycles. The van der Waals surface area contributed by atoms with E-state index in [1.165, 1.54) is 15.3 Å². The first-order valence-electron chi connectivity index (χ1n) is 16.2. The summed E-state index contributed by atoms with van der Waals surface area (Å²) in [6, 6.07) is 17.3. The zero-order chi connectivity index (χ0) is 35.9. The monoisotopic (exact) mass is 688 g/mol. The number of ether oxygens (including phenoxy) is 2. The molecule has 2 aromatic carbocycles. The van der Waals surface area contributed by atoms with Gasteiger partial charge in [0.25, 0.3) is 11.8 Å². The lowest BCUT2D eigenvalue weighted by atomic mass is 10.1. The third-order valence-electron chi connectivity index (χ3n) is 8.42. The Morgan fingerprint density at radius 2 is 1.14 bits per heavy atom. The van der Waals surface area contributed by atoms with Crippen molar-refractivity contribution in [2.75, 3.05) is 17.2 Å². The zero-order valence-electron chi connectivity index (χ0n) is 27.8. The van der Waals surface area contributed by atoms with Gasteiger partial charge in [-0.25, -0.2) is 9.59 Å². The van der Waals surface area contributed by atoms with Crippen molar-refractivity contribution in [3.8, 4) is 0 Å². The average Bonchev–Trinajstić information content (AvgIpc) is 3.69. The van der Waals surface area contributed by atoms with Crippen molar-refractivity contribution in [2.24, 2.45) is 0 Å². The Morgan fingerprint density at radius 1 is 0.740 bits per heavy atom. The number of nitrogens with one attached hydrogen (secondary N) is 2. The molecule has 2 amide bonds. The van der Waals surface area contributed by atoms with Crippen LogP contribution in [0.4, 0.5) is 11.6 Å². The Labute approximate surface area is 287 Å². The maximum Gasteiger partial charge on any atom is 0.351 e. The molecule has 0 spiro atoms. The number of aryl methyl sites for hydroxylation is 2. The highest BCUT2D eigenvalue weighted by atomic mass is 16.5. The fourth-order valence-electron chi connectivity index (χ4n) is 5.64.